The lowest BCUT2D eigenvalue weighted by atomic mass is 9.96. The van der Waals surface area contributed by atoms with Crippen LogP contribution in [-0.2, 0) is 35.1 Å². The Hall–Kier alpha value is -3.70. The van der Waals surface area contributed by atoms with Crippen LogP contribution in [0, 0.1) is 11.8 Å². The first-order valence-corrected chi connectivity index (χ1v) is 15.1. The molecule has 0 aliphatic carbocycles. The van der Waals surface area contributed by atoms with Crippen LogP contribution in [0.4, 0.5) is 0 Å². The first-order chi connectivity index (χ1) is 20.6. The van der Waals surface area contributed by atoms with Crippen molar-refractivity contribution in [3.05, 3.63) is 54.1 Å². The fraction of sp³-hybridized carbons (Fsp3) is 0.562. The third-order valence-corrected chi connectivity index (χ3v) is 7.75. The molecule has 1 fully saturated rings. The van der Waals surface area contributed by atoms with Crippen LogP contribution in [0.15, 0.2) is 48.6 Å². The molecule has 43 heavy (non-hydrogen) atoms. The van der Waals surface area contributed by atoms with Crippen LogP contribution in [0.3, 0.4) is 0 Å². The quantitative estimate of drug-likeness (QED) is 0.387. The maximum absolute atomic E-state index is 13.8. The van der Waals surface area contributed by atoms with Gasteiger partial charge >= 0.3 is 5.97 Å². The third kappa shape index (κ3) is 10.2. The molecule has 2 aliphatic heterocycles. The van der Waals surface area contributed by atoms with E-state index < -0.39 is 41.8 Å². The van der Waals surface area contributed by atoms with Gasteiger partial charge in [-0.05, 0) is 55.7 Å². The molecule has 2 heterocycles. The third-order valence-electron chi connectivity index (χ3n) is 7.75. The number of methoxy groups -OCH3 is 1. The summed E-state index contributed by atoms with van der Waals surface area (Å²) in [4.78, 5) is 53.5. The summed E-state index contributed by atoms with van der Waals surface area (Å²) in [7, 11) is 1.56. The fourth-order valence-electron chi connectivity index (χ4n) is 5.18. The maximum Gasteiger partial charge on any atom is 0.324 e. The van der Waals surface area contributed by atoms with Gasteiger partial charge in [0.1, 0.15) is 23.9 Å². The number of cyclic esters (lactones) is 1. The van der Waals surface area contributed by atoms with Gasteiger partial charge in [0.25, 0.3) is 5.91 Å². The van der Waals surface area contributed by atoms with Crippen molar-refractivity contribution in [3.8, 4) is 5.75 Å². The molecule has 3 amide bonds. The number of amides is 3. The molecule has 0 spiro atoms. The van der Waals surface area contributed by atoms with E-state index in [0.29, 0.717) is 44.2 Å². The zero-order valence-electron chi connectivity index (χ0n) is 25.6. The molecule has 11 nitrogen and oxygen atoms in total. The number of nitrogens with one attached hydrogen (secondary N) is 3. The number of carbonyl (C=O) groups is 4. The number of phenolic OH excluding ortho intramolecular Hbond substituents is 1. The lowest BCUT2D eigenvalue weighted by Gasteiger charge is -2.35. The number of ether oxygens (including phenoxy) is 2. The molecule has 236 valence electrons. The number of benzene rings is 1. The zero-order chi connectivity index (χ0) is 31.4. The number of rotatable bonds is 4. The summed E-state index contributed by atoms with van der Waals surface area (Å²) < 4.78 is 11.1. The molecule has 0 radical (unpaired) electrons. The number of nitrogens with zero attached hydrogens (tertiary/aromatic N) is 1. The minimum absolute atomic E-state index is 0.0351. The highest BCUT2D eigenvalue weighted by Crippen LogP contribution is 2.18. The van der Waals surface area contributed by atoms with Crippen molar-refractivity contribution in [3.63, 3.8) is 0 Å². The average molecular weight is 599 g/mol. The van der Waals surface area contributed by atoms with Crippen LogP contribution in [-0.4, -0.2) is 78.3 Å². The van der Waals surface area contributed by atoms with E-state index in [2.05, 4.69) is 16.1 Å². The van der Waals surface area contributed by atoms with Crippen molar-refractivity contribution in [1.82, 2.24) is 21.1 Å². The van der Waals surface area contributed by atoms with Gasteiger partial charge in [-0.15, -0.1) is 0 Å². The lowest BCUT2D eigenvalue weighted by Crippen LogP contribution is -2.62. The fourth-order valence-corrected chi connectivity index (χ4v) is 5.18. The van der Waals surface area contributed by atoms with Gasteiger partial charge in [-0.3, -0.25) is 24.2 Å². The van der Waals surface area contributed by atoms with E-state index in [-0.39, 0.29) is 36.7 Å². The number of esters is 1. The van der Waals surface area contributed by atoms with Gasteiger partial charge < -0.3 is 25.2 Å². The predicted molar refractivity (Wildman–Crippen MR) is 161 cm³/mol. The number of hydrogen-bond acceptors (Lipinski definition) is 8. The number of carbonyl (C=O) groups excluding carboxylic acids is 4. The van der Waals surface area contributed by atoms with Crippen LogP contribution in [0.1, 0.15) is 58.4 Å². The number of hydrogen-bond donors (Lipinski definition) is 4. The summed E-state index contributed by atoms with van der Waals surface area (Å²) in [6.45, 7) is 5.96. The van der Waals surface area contributed by atoms with Crippen molar-refractivity contribution in [2.24, 2.45) is 11.8 Å². The van der Waals surface area contributed by atoms with Crippen molar-refractivity contribution < 1.29 is 33.8 Å². The highest BCUT2D eigenvalue weighted by molar-refractivity contribution is 5.93. The van der Waals surface area contributed by atoms with E-state index in [1.807, 2.05) is 38.2 Å². The molecular formula is C32H46N4O7. The molecule has 1 aromatic rings. The van der Waals surface area contributed by atoms with Gasteiger partial charge in [-0.2, -0.15) is 0 Å². The molecule has 0 saturated carbocycles. The Morgan fingerprint density at radius 3 is 2.49 bits per heavy atom. The smallest absolute Gasteiger partial charge is 0.324 e. The Labute approximate surface area is 254 Å². The molecule has 4 N–H and O–H groups in total. The maximum atomic E-state index is 13.8. The van der Waals surface area contributed by atoms with Crippen LogP contribution in [0.2, 0.25) is 0 Å². The Kier molecular flexibility index (Phi) is 13.2. The monoisotopic (exact) mass is 598 g/mol. The molecule has 2 bridgehead atoms. The van der Waals surface area contributed by atoms with Crippen molar-refractivity contribution >= 4 is 23.7 Å². The number of phenols is 1. The van der Waals surface area contributed by atoms with Crippen molar-refractivity contribution in [2.45, 2.75) is 83.5 Å². The van der Waals surface area contributed by atoms with Gasteiger partial charge in [0, 0.05) is 20.1 Å². The van der Waals surface area contributed by atoms with Crippen molar-refractivity contribution in [2.75, 3.05) is 20.3 Å². The summed E-state index contributed by atoms with van der Waals surface area (Å²) in [6, 6.07) is 3.82. The van der Waals surface area contributed by atoms with E-state index in [1.54, 1.807) is 26.2 Å². The zero-order valence-corrected chi connectivity index (χ0v) is 25.6. The van der Waals surface area contributed by atoms with Crippen LogP contribution < -0.4 is 16.1 Å². The second kappa shape index (κ2) is 16.8. The largest absolute Gasteiger partial charge is 0.508 e. The van der Waals surface area contributed by atoms with Crippen LogP contribution >= 0.6 is 0 Å². The number of allylic oxidation sites excluding steroid dienone is 3. The molecule has 5 atom stereocenters. The summed E-state index contributed by atoms with van der Waals surface area (Å²) in [5, 5.41) is 17.1. The number of aromatic hydroxyl groups is 1. The summed E-state index contributed by atoms with van der Waals surface area (Å²) >= 11 is 0. The standard InChI is InChI=1S/C32H46N4O7/c1-21(2)28-30(39)33-26(20-23-13-11-14-24(37)19-23)31(40)36-17-12-15-25(35-36)32(41)43-18-10-8-6-5-7-9-16-27(42-4)22(3)29(38)34-28/h5-8,11,13-14,19,21-22,25-28,35,37H,9-10,12,15-18,20H2,1-4H3,(H,33,39)(H,34,38)/b7-5-,8-6-/t22-,25+,26+,27-,28+/m1/s1. The number of fused-ring (bicyclic) bond motifs is 2. The minimum Gasteiger partial charge on any atom is -0.508 e. The van der Waals surface area contributed by atoms with E-state index in [0.717, 1.165) is 0 Å². The molecular weight excluding hydrogens is 552 g/mol. The Bertz CT molecular complexity index is 1170. The summed E-state index contributed by atoms with van der Waals surface area (Å²) in [6.07, 6.45) is 10.3. The topological polar surface area (TPSA) is 146 Å². The Morgan fingerprint density at radius 1 is 1.05 bits per heavy atom. The SMILES string of the molecule is CO[C@@H]1CC/C=C\C=C/CCOC(=O)[C@@H]2CCCN(N2)C(=O)[C@H](Cc2cccc(O)c2)NC(=O)[C@H](C(C)C)NC(=O)[C@@H]1C. The Balaban J connectivity index is 1.90. The second-order valence-corrected chi connectivity index (χ2v) is 11.4. The highest BCUT2D eigenvalue weighted by Gasteiger charge is 2.36. The molecule has 1 aromatic carbocycles. The van der Waals surface area contributed by atoms with Crippen LogP contribution in [0.25, 0.3) is 0 Å². The first-order valence-electron chi connectivity index (χ1n) is 15.1. The molecule has 0 unspecified atom stereocenters. The van der Waals surface area contributed by atoms with Gasteiger partial charge in [0.2, 0.25) is 11.8 Å². The van der Waals surface area contributed by atoms with Gasteiger partial charge in [-0.1, -0.05) is 57.2 Å². The predicted octanol–water partition coefficient (Wildman–Crippen LogP) is 2.55. The highest BCUT2D eigenvalue weighted by atomic mass is 16.5. The Morgan fingerprint density at radius 2 is 1.79 bits per heavy atom. The summed E-state index contributed by atoms with van der Waals surface area (Å²) in [5.41, 5.74) is 3.62. The van der Waals surface area contributed by atoms with Crippen molar-refractivity contribution in [1.29, 1.82) is 0 Å². The number of hydrazine groups is 1. The first kappa shape index (κ1) is 33.8. The van der Waals surface area contributed by atoms with E-state index in [9.17, 15) is 24.3 Å². The molecule has 3 rings (SSSR count). The molecule has 0 aromatic heterocycles. The van der Waals surface area contributed by atoms with E-state index in [1.165, 1.54) is 17.1 Å². The van der Waals surface area contributed by atoms with E-state index >= 15 is 0 Å². The molecule has 1 saturated heterocycles. The van der Waals surface area contributed by atoms with Crippen LogP contribution in [0.5, 0.6) is 5.75 Å². The van der Waals surface area contributed by atoms with E-state index in [4.69, 9.17) is 9.47 Å². The normalized spacial score (nSPS) is 28.6. The average Bonchev–Trinajstić information content (AvgIpc) is 2.99. The van der Waals surface area contributed by atoms with Gasteiger partial charge in [0.05, 0.1) is 18.6 Å². The lowest BCUT2D eigenvalue weighted by molar-refractivity contribution is -0.153. The van der Waals surface area contributed by atoms with Gasteiger partial charge in [-0.25, -0.2) is 5.43 Å². The molecule has 2 aliphatic rings. The second-order valence-electron chi connectivity index (χ2n) is 11.4. The summed E-state index contributed by atoms with van der Waals surface area (Å²) in [5.74, 6) is -2.47. The minimum atomic E-state index is -1.03. The van der Waals surface area contributed by atoms with Gasteiger partial charge in [0.15, 0.2) is 0 Å². The molecule has 11 heteroatoms.